The van der Waals surface area contributed by atoms with Gasteiger partial charge in [-0.2, -0.15) is 0 Å². The Kier molecular flexibility index (Phi) is 4.58. The van der Waals surface area contributed by atoms with Gasteiger partial charge >= 0.3 is 0 Å². The molecule has 116 valence electrons. The molecule has 0 spiro atoms. The first kappa shape index (κ1) is 15.9. The zero-order chi connectivity index (χ0) is 16.4. The first-order valence-electron chi connectivity index (χ1n) is 8.01. The van der Waals surface area contributed by atoms with Crippen LogP contribution in [0.3, 0.4) is 0 Å². The maximum absolute atomic E-state index is 2.26. The molecule has 0 saturated heterocycles. The molecule has 0 fully saturated rings. The van der Waals surface area contributed by atoms with Crippen LogP contribution in [0.4, 0.5) is 0 Å². The summed E-state index contributed by atoms with van der Waals surface area (Å²) in [5.41, 5.74) is 5.50. The first-order chi connectivity index (χ1) is 11.1. The Bertz CT molecular complexity index is 727. The Morgan fingerprint density at radius 1 is 0.478 bits per heavy atom. The van der Waals surface area contributed by atoms with E-state index in [0.717, 1.165) is 0 Å². The fraction of sp³-hybridized carbons (Fsp3) is 0.182. The lowest BCUT2D eigenvalue weighted by Gasteiger charge is -2.15. The normalized spacial score (nSPS) is 11.0. The van der Waals surface area contributed by atoms with E-state index in [9.17, 15) is 0 Å². The van der Waals surface area contributed by atoms with E-state index in [-0.39, 0.29) is 10.9 Å². The molecule has 1 heteroatoms. The fourth-order valence-corrected chi connectivity index (χ4v) is 5.80. The summed E-state index contributed by atoms with van der Waals surface area (Å²) < 4.78 is 0. The summed E-state index contributed by atoms with van der Waals surface area (Å²) in [5.74, 6) is 0. The van der Waals surface area contributed by atoms with Gasteiger partial charge < -0.3 is 0 Å². The molecular weight excluding hydrogens is 296 g/mol. The molecule has 23 heavy (non-hydrogen) atoms. The minimum atomic E-state index is -0.0609. The Morgan fingerprint density at radius 2 is 0.870 bits per heavy atom. The van der Waals surface area contributed by atoms with Gasteiger partial charge in [0.25, 0.3) is 0 Å². The molecule has 0 N–H and O–H groups in total. The Hall–Kier alpha value is -1.99. The molecule has 0 aliphatic carbocycles. The second-order valence-electron chi connectivity index (χ2n) is 6.06. The molecule has 3 aromatic rings. The van der Waals surface area contributed by atoms with E-state index < -0.39 is 0 Å². The highest BCUT2D eigenvalue weighted by Crippen LogP contribution is 2.38. The van der Waals surface area contributed by atoms with Crippen LogP contribution in [0.15, 0.2) is 81.4 Å². The molecule has 0 unspecified atom stereocenters. The highest BCUT2D eigenvalue weighted by Gasteiger charge is 2.34. The Morgan fingerprint density at radius 3 is 1.26 bits per heavy atom. The van der Waals surface area contributed by atoms with Crippen LogP contribution in [0.5, 0.6) is 0 Å². The predicted molar refractivity (Wildman–Crippen MR) is 100 cm³/mol. The summed E-state index contributed by atoms with van der Waals surface area (Å²) >= 11 is 0. The zero-order valence-corrected chi connectivity index (χ0v) is 15.1. The van der Waals surface area contributed by atoms with E-state index in [1.54, 1.807) is 0 Å². The number of hydrogen-bond donors (Lipinski definition) is 0. The summed E-state index contributed by atoms with van der Waals surface area (Å²) in [6, 6.07) is 24.2. The van der Waals surface area contributed by atoms with Crippen molar-refractivity contribution in [2.75, 3.05) is 0 Å². The van der Waals surface area contributed by atoms with E-state index in [1.807, 2.05) is 0 Å². The van der Waals surface area contributed by atoms with Crippen molar-refractivity contribution in [3.63, 3.8) is 0 Å². The highest BCUT2D eigenvalue weighted by atomic mass is 32.2. The SMILES string of the molecule is Cc1cccc(C)c1[S+](c1ccccc1)c1c(C)cccc1C. The largest absolute Gasteiger partial charge is 0.172 e. The van der Waals surface area contributed by atoms with Gasteiger partial charge in [-0.3, -0.25) is 0 Å². The van der Waals surface area contributed by atoms with Crippen molar-refractivity contribution < 1.29 is 0 Å². The van der Waals surface area contributed by atoms with Crippen LogP contribution in [0.25, 0.3) is 0 Å². The third-order valence-corrected chi connectivity index (χ3v) is 7.05. The molecule has 0 aliphatic heterocycles. The first-order valence-corrected chi connectivity index (χ1v) is 9.24. The molecule has 0 saturated carbocycles. The second kappa shape index (κ2) is 6.64. The van der Waals surface area contributed by atoms with Crippen LogP contribution < -0.4 is 0 Å². The Labute approximate surface area is 142 Å². The van der Waals surface area contributed by atoms with E-state index in [0.29, 0.717) is 0 Å². The van der Waals surface area contributed by atoms with Crippen LogP contribution in [-0.4, -0.2) is 0 Å². The van der Waals surface area contributed by atoms with Crippen molar-refractivity contribution in [2.24, 2.45) is 0 Å². The highest BCUT2D eigenvalue weighted by molar-refractivity contribution is 7.97. The summed E-state index contributed by atoms with van der Waals surface area (Å²) in [4.78, 5) is 4.33. The van der Waals surface area contributed by atoms with Crippen molar-refractivity contribution in [3.05, 3.63) is 89.0 Å². The maximum Gasteiger partial charge on any atom is 0.172 e. The van der Waals surface area contributed by atoms with Crippen molar-refractivity contribution in [3.8, 4) is 0 Å². The summed E-state index contributed by atoms with van der Waals surface area (Å²) in [5, 5.41) is 0. The van der Waals surface area contributed by atoms with E-state index >= 15 is 0 Å². The lowest BCUT2D eigenvalue weighted by molar-refractivity contribution is 1.15. The number of benzene rings is 3. The monoisotopic (exact) mass is 319 g/mol. The smallest absolute Gasteiger partial charge is 0.0619 e. The molecule has 3 aromatic carbocycles. The number of hydrogen-bond acceptors (Lipinski definition) is 0. The van der Waals surface area contributed by atoms with Gasteiger partial charge in [-0.1, -0.05) is 54.6 Å². The van der Waals surface area contributed by atoms with E-state index in [4.69, 9.17) is 0 Å². The van der Waals surface area contributed by atoms with Gasteiger partial charge in [-0.15, -0.1) is 0 Å². The average molecular weight is 319 g/mol. The topological polar surface area (TPSA) is 0 Å². The lowest BCUT2D eigenvalue weighted by Crippen LogP contribution is -2.11. The van der Waals surface area contributed by atoms with Crippen LogP contribution in [-0.2, 0) is 10.9 Å². The molecular formula is C22H23S+. The van der Waals surface area contributed by atoms with Crippen molar-refractivity contribution in [1.82, 2.24) is 0 Å². The standard InChI is InChI=1S/C22H23S/c1-16-10-8-11-17(2)21(16)23(20-14-6-5-7-15-20)22-18(3)12-9-13-19(22)4/h5-15H,1-4H3/q+1. The molecule has 3 rings (SSSR count). The minimum Gasteiger partial charge on any atom is -0.0619 e. The third kappa shape index (κ3) is 3.07. The summed E-state index contributed by atoms with van der Waals surface area (Å²) in [6.45, 7) is 8.94. The quantitative estimate of drug-likeness (QED) is 0.518. The Balaban J connectivity index is 2.33. The van der Waals surface area contributed by atoms with Crippen molar-refractivity contribution in [2.45, 2.75) is 42.4 Å². The molecule has 0 nitrogen and oxygen atoms in total. The van der Waals surface area contributed by atoms with Crippen LogP contribution in [0.1, 0.15) is 22.3 Å². The van der Waals surface area contributed by atoms with Gasteiger partial charge in [-0.05, 0) is 39.8 Å². The van der Waals surface area contributed by atoms with E-state index in [1.165, 1.54) is 36.9 Å². The van der Waals surface area contributed by atoms with E-state index in [2.05, 4.69) is 94.4 Å². The maximum atomic E-state index is 2.26. The van der Waals surface area contributed by atoms with Gasteiger partial charge in [0.05, 0.1) is 0 Å². The van der Waals surface area contributed by atoms with Crippen molar-refractivity contribution >= 4 is 10.9 Å². The molecule has 0 heterocycles. The van der Waals surface area contributed by atoms with Crippen LogP contribution in [0, 0.1) is 27.7 Å². The van der Waals surface area contributed by atoms with Gasteiger partial charge in [-0.25, -0.2) is 0 Å². The lowest BCUT2D eigenvalue weighted by atomic mass is 10.1. The molecule has 0 atom stereocenters. The van der Waals surface area contributed by atoms with Crippen LogP contribution in [0.2, 0.25) is 0 Å². The van der Waals surface area contributed by atoms with Gasteiger partial charge in [0.2, 0.25) is 0 Å². The number of rotatable bonds is 3. The average Bonchev–Trinajstić information content (AvgIpc) is 2.53. The summed E-state index contributed by atoms with van der Waals surface area (Å²) in [7, 11) is -0.0609. The number of aryl methyl sites for hydroxylation is 4. The molecule has 0 aromatic heterocycles. The fourth-order valence-electron chi connectivity index (χ4n) is 3.14. The minimum absolute atomic E-state index is 0.0609. The van der Waals surface area contributed by atoms with Gasteiger partial charge in [0, 0.05) is 22.3 Å². The molecule has 0 radical (unpaired) electrons. The van der Waals surface area contributed by atoms with Crippen LogP contribution >= 0.6 is 0 Å². The molecule has 0 bridgehead atoms. The summed E-state index contributed by atoms with van der Waals surface area (Å²) in [6.07, 6.45) is 0. The molecule has 0 aliphatic rings. The van der Waals surface area contributed by atoms with Crippen molar-refractivity contribution in [1.29, 1.82) is 0 Å². The van der Waals surface area contributed by atoms with Gasteiger partial charge in [0.15, 0.2) is 14.7 Å². The van der Waals surface area contributed by atoms with Gasteiger partial charge in [0.1, 0.15) is 10.9 Å². The molecule has 0 amide bonds. The zero-order valence-electron chi connectivity index (χ0n) is 14.3. The third-order valence-electron chi connectivity index (χ3n) is 4.20. The second-order valence-corrected chi connectivity index (χ2v) is 7.96. The predicted octanol–water partition coefficient (Wildman–Crippen LogP) is 6.02.